The zero-order valence-corrected chi connectivity index (χ0v) is 23.1. The van der Waals surface area contributed by atoms with Crippen LogP contribution in [0.15, 0.2) is 63.5 Å². The summed E-state index contributed by atoms with van der Waals surface area (Å²) >= 11 is 1.35. The minimum absolute atomic E-state index is 0.167. The maximum absolute atomic E-state index is 14.0. The normalized spacial score (nSPS) is 15.9. The van der Waals surface area contributed by atoms with Crippen molar-refractivity contribution in [3.8, 4) is 0 Å². The fourth-order valence-corrected chi connectivity index (χ4v) is 6.13. The Labute approximate surface area is 219 Å². The maximum atomic E-state index is 14.0. The smallest absolute Gasteiger partial charge is 0.338 e. The molecule has 190 valence electrons. The highest BCUT2D eigenvalue weighted by atomic mass is 32.1. The van der Waals surface area contributed by atoms with E-state index in [4.69, 9.17) is 4.74 Å². The number of nitrogens with zero attached hydrogens (tertiary/aromatic N) is 3. The minimum atomic E-state index is -0.608. The van der Waals surface area contributed by atoms with Gasteiger partial charge in [0, 0.05) is 29.2 Å². The first-order valence-corrected chi connectivity index (χ1v) is 13.2. The summed E-state index contributed by atoms with van der Waals surface area (Å²) < 4.78 is 9.51. The van der Waals surface area contributed by atoms with Crippen molar-refractivity contribution in [2.75, 3.05) is 7.11 Å². The molecule has 6 nitrogen and oxygen atoms in total. The van der Waals surface area contributed by atoms with Gasteiger partial charge in [-0.1, -0.05) is 61.1 Å². The van der Waals surface area contributed by atoms with Gasteiger partial charge in [-0.05, 0) is 56.0 Å². The molecule has 0 aliphatic carbocycles. The number of allylic oxidation sites excluding steroid dienone is 1. The zero-order valence-electron chi connectivity index (χ0n) is 22.2. The summed E-state index contributed by atoms with van der Waals surface area (Å²) in [4.78, 5) is 32.1. The highest BCUT2D eigenvalue weighted by molar-refractivity contribution is 7.07. The minimum Gasteiger partial charge on any atom is -0.466 e. The number of fused-ring (bicyclic) bond motifs is 2. The molecule has 0 bridgehead atoms. The molecule has 0 spiro atoms. The SMILES string of the molecule is COC(=O)C1=C(C)N=c2s/c(=C\c3c(C)n(C)c4ccc(C)cc34)c(=O)n2[C@H]1c1ccc(C(C)C)cc1. The highest BCUT2D eigenvalue weighted by Crippen LogP contribution is 2.32. The van der Waals surface area contributed by atoms with E-state index in [0.717, 1.165) is 33.3 Å². The Morgan fingerprint density at radius 3 is 2.46 bits per heavy atom. The van der Waals surface area contributed by atoms with Crippen LogP contribution in [0.4, 0.5) is 0 Å². The Morgan fingerprint density at radius 2 is 1.81 bits per heavy atom. The second kappa shape index (κ2) is 9.30. The quantitative estimate of drug-likeness (QED) is 0.374. The van der Waals surface area contributed by atoms with Crippen molar-refractivity contribution >= 4 is 34.3 Å². The van der Waals surface area contributed by atoms with Gasteiger partial charge in [0.05, 0.1) is 29.0 Å². The van der Waals surface area contributed by atoms with E-state index in [2.05, 4.69) is 67.6 Å². The standard InChI is InChI=1S/C30H31N3O3S/c1-16(2)20-9-11-21(12-10-20)27-26(29(35)36-7)18(4)31-30-33(27)28(34)25(37-30)15-22-19(5)32(6)24-13-8-17(3)14-23(22)24/h8-16,27H,1-7H3/b25-15-/t27-/m0/s1. The van der Waals surface area contributed by atoms with E-state index < -0.39 is 12.0 Å². The largest absolute Gasteiger partial charge is 0.466 e. The fraction of sp³-hybridized carbons (Fsp3) is 0.300. The number of aryl methyl sites for hydroxylation is 2. The number of benzene rings is 2. The molecule has 37 heavy (non-hydrogen) atoms. The van der Waals surface area contributed by atoms with E-state index in [1.807, 2.05) is 25.3 Å². The molecule has 1 aliphatic rings. The Bertz CT molecular complexity index is 1770. The fourth-order valence-electron chi connectivity index (χ4n) is 5.10. The molecule has 2 aromatic carbocycles. The molecule has 0 saturated heterocycles. The average molecular weight is 514 g/mol. The van der Waals surface area contributed by atoms with Gasteiger partial charge in [0.15, 0.2) is 4.80 Å². The molecule has 5 rings (SSSR count). The summed E-state index contributed by atoms with van der Waals surface area (Å²) in [6, 6.07) is 13.9. The third kappa shape index (κ3) is 4.07. The van der Waals surface area contributed by atoms with Gasteiger partial charge in [0.25, 0.3) is 5.56 Å². The molecule has 0 N–H and O–H groups in total. The maximum Gasteiger partial charge on any atom is 0.338 e. The highest BCUT2D eigenvalue weighted by Gasteiger charge is 2.33. The van der Waals surface area contributed by atoms with Crippen LogP contribution >= 0.6 is 11.3 Å². The van der Waals surface area contributed by atoms with Crippen molar-refractivity contribution in [3.63, 3.8) is 0 Å². The Morgan fingerprint density at radius 1 is 1.11 bits per heavy atom. The van der Waals surface area contributed by atoms with E-state index in [0.29, 0.717) is 26.5 Å². The molecular weight excluding hydrogens is 482 g/mol. The number of carbonyl (C=O) groups excluding carboxylic acids is 1. The number of rotatable bonds is 4. The molecule has 3 heterocycles. The van der Waals surface area contributed by atoms with Crippen LogP contribution in [0, 0.1) is 13.8 Å². The first-order valence-electron chi connectivity index (χ1n) is 12.4. The predicted molar refractivity (Wildman–Crippen MR) is 149 cm³/mol. The average Bonchev–Trinajstić information content (AvgIpc) is 3.30. The number of methoxy groups -OCH3 is 1. The van der Waals surface area contributed by atoms with Crippen LogP contribution in [0.1, 0.15) is 60.7 Å². The first kappa shape index (κ1) is 25.0. The molecule has 1 aliphatic heterocycles. The second-order valence-corrected chi connectivity index (χ2v) is 11.0. The van der Waals surface area contributed by atoms with Crippen molar-refractivity contribution in [2.24, 2.45) is 12.0 Å². The second-order valence-electron chi connectivity index (χ2n) is 9.97. The van der Waals surface area contributed by atoms with Crippen molar-refractivity contribution in [3.05, 3.63) is 101 Å². The molecule has 0 fully saturated rings. The van der Waals surface area contributed by atoms with E-state index in [9.17, 15) is 9.59 Å². The van der Waals surface area contributed by atoms with E-state index in [1.165, 1.54) is 24.0 Å². The van der Waals surface area contributed by atoms with Gasteiger partial charge in [-0.3, -0.25) is 9.36 Å². The molecule has 1 atom stereocenters. The van der Waals surface area contributed by atoms with Gasteiger partial charge in [0.1, 0.15) is 0 Å². The summed E-state index contributed by atoms with van der Waals surface area (Å²) in [5.41, 5.74) is 7.21. The molecule has 0 radical (unpaired) electrons. The van der Waals surface area contributed by atoms with Gasteiger partial charge in [-0.2, -0.15) is 0 Å². The molecular formula is C30H31N3O3S. The van der Waals surface area contributed by atoms with Crippen LogP contribution in [0.25, 0.3) is 17.0 Å². The summed E-state index contributed by atoms with van der Waals surface area (Å²) in [6.45, 7) is 10.2. The summed E-state index contributed by atoms with van der Waals surface area (Å²) in [6.07, 6.45) is 1.97. The van der Waals surface area contributed by atoms with Crippen LogP contribution in [0.2, 0.25) is 0 Å². The number of thiazole rings is 1. The van der Waals surface area contributed by atoms with Gasteiger partial charge in [-0.15, -0.1) is 0 Å². The number of carbonyl (C=O) groups is 1. The van der Waals surface area contributed by atoms with Crippen LogP contribution in [0.5, 0.6) is 0 Å². The van der Waals surface area contributed by atoms with E-state index >= 15 is 0 Å². The number of esters is 1. The Kier molecular flexibility index (Phi) is 6.28. The van der Waals surface area contributed by atoms with Crippen LogP contribution in [-0.2, 0) is 16.6 Å². The van der Waals surface area contributed by atoms with Gasteiger partial charge in [0.2, 0.25) is 0 Å². The van der Waals surface area contributed by atoms with Crippen molar-refractivity contribution in [1.29, 1.82) is 0 Å². The lowest BCUT2D eigenvalue weighted by molar-refractivity contribution is -0.136. The molecule has 0 unspecified atom stereocenters. The van der Waals surface area contributed by atoms with Crippen LogP contribution in [0.3, 0.4) is 0 Å². The van der Waals surface area contributed by atoms with E-state index in [1.54, 1.807) is 11.5 Å². The monoisotopic (exact) mass is 513 g/mol. The van der Waals surface area contributed by atoms with Gasteiger partial charge >= 0.3 is 5.97 Å². The topological polar surface area (TPSA) is 65.6 Å². The summed E-state index contributed by atoms with van der Waals surface area (Å²) in [5, 5.41) is 1.11. The number of hydrogen-bond donors (Lipinski definition) is 0. The van der Waals surface area contributed by atoms with Gasteiger partial charge in [-0.25, -0.2) is 9.79 Å². The van der Waals surface area contributed by atoms with Crippen LogP contribution in [-0.4, -0.2) is 22.2 Å². The third-order valence-electron chi connectivity index (χ3n) is 7.32. The van der Waals surface area contributed by atoms with Crippen molar-refractivity contribution < 1.29 is 9.53 Å². The van der Waals surface area contributed by atoms with E-state index in [-0.39, 0.29) is 5.56 Å². The first-order chi connectivity index (χ1) is 17.6. The predicted octanol–water partition coefficient (Wildman–Crippen LogP) is 4.64. The Balaban J connectivity index is 1.77. The number of hydrogen-bond acceptors (Lipinski definition) is 5. The third-order valence-corrected chi connectivity index (χ3v) is 8.30. The lowest BCUT2D eigenvalue weighted by Gasteiger charge is -2.24. The van der Waals surface area contributed by atoms with Crippen LogP contribution < -0.4 is 14.9 Å². The molecule has 2 aromatic heterocycles. The summed E-state index contributed by atoms with van der Waals surface area (Å²) in [5.74, 6) is -0.102. The molecule has 0 saturated carbocycles. The van der Waals surface area contributed by atoms with Gasteiger partial charge < -0.3 is 9.30 Å². The number of aromatic nitrogens is 2. The molecule has 7 heteroatoms. The lowest BCUT2D eigenvalue weighted by Crippen LogP contribution is -2.39. The lowest BCUT2D eigenvalue weighted by atomic mass is 9.93. The molecule has 4 aromatic rings. The number of ether oxygens (including phenoxy) is 1. The zero-order chi connectivity index (χ0) is 26.6. The van der Waals surface area contributed by atoms with Crippen molar-refractivity contribution in [2.45, 2.75) is 46.6 Å². The van der Waals surface area contributed by atoms with Crippen molar-refractivity contribution in [1.82, 2.24) is 9.13 Å². The molecule has 0 amide bonds. The summed E-state index contributed by atoms with van der Waals surface area (Å²) in [7, 11) is 3.40. The Hall–Kier alpha value is -3.71.